The van der Waals surface area contributed by atoms with Gasteiger partial charge in [0.1, 0.15) is 0 Å². The summed E-state index contributed by atoms with van der Waals surface area (Å²) in [7, 11) is 0. The van der Waals surface area contributed by atoms with Gasteiger partial charge >= 0.3 is 0 Å². The Kier molecular flexibility index (Phi) is 4.34. The Hall–Kier alpha value is -2.41. The molecule has 2 heterocycles. The number of morpholine rings is 1. The first-order valence-electron chi connectivity index (χ1n) is 6.99. The van der Waals surface area contributed by atoms with Gasteiger partial charge in [0.05, 0.1) is 24.9 Å². The number of ether oxygens (including phenoxy) is 2. The third kappa shape index (κ3) is 3.09. The van der Waals surface area contributed by atoms with Gasteiger partial charge in [0.2, 0.25) is 0 Å². The Balaban J connectivity index is 1.66. The van der Waals surface area contributed by atoms with Gasteiger partial charge in [0.25, 0.3) is 5.91 Å². The Labute approximate surface area is 126 Å². The molecule has 2 aromatic rings. The quantitative estimate of drug-likeness (QED) is 0.930. The lowest BCUT2D eigenvalue weighted by Crippen LogP contribution is -2.45. The van der Waals surface area contributed by atoms with Crippen molar-refractivity contribution < 1.29 is 18.7 Å². The molecule has 6 nitrogen and oxygen atoms in total. The SMILES string of the molecule is O=C(COc1ccccc1F)N1CCOC[C@H]1c1ccn[nH]1. The van der Waals surface area contributed by atoms with Crippen molar-refractivity contribution in [1.29, 1.82) is 0 Å². The maximum absolute atomic E-state index is 13.5. The lowest BCUT2D eigenvalue weighted by Gasteiger charge is -2.34. The van der Waals surface area contributed by atoms with Crippen LogP contribution in [0.1, 0.15) is 11.7 Å². The third-order valence-corrected chi connectivity index (χ3v) is 3.52. The molecule has 0 spiro atoms. The van der Waals surface area contributed by atoms with Crippen LogP contribution in [0.25, 0.3) is 0 Å². The van der Waals surface area contributed by atoms with E-state index >= 15 is 0 Å². The van der Waals surface area contributed by atoms with Crippen LogP contribution in [0.4, 0.5) is 4.39 Å². The number of nitrogens with one attached hydrogen (secondary N) is 1. The number of carbonyl (C=O) groups excluding carboxylic acids is 1. The summed E-state index contributed by atoms with van der Waals surface area (Å²) in [4.78, 5) is 14.0. The first-order chi connectivity index (χ1) is 10.8. The van der Waals surface area contributed by atoms with Gasteiger partial charge in [-0.2, -0.15) is 5.10 Å². The van der Waals surface area contributed by atoms with Gasteiger partial charge in [-0.05, 0) is 18.2 Å². The van der Waals surface area contributed by atoms with Gasteiger partial charge < -0.3 is 14.4 Å². The van der Waals surface area contributed by atoms with Crippen LogP contribution in [0.3, 0.4) is 0 Å². The predicted molar refractivity (Wildman–Crippen MR) is 75.8 cm³/mol. The van der Waals surface area contributed by atoms with E-state index in [-0.39, 0.29) is 24.3 Å². The normalized spacial score (nSPS) is 18.2. The minimum atomic E-state index is -0.484. The predicted octanol–water partition coefficient (Wildman–Crippen LogP) is 1.53. The van der Waals surface area contributed by atoms with Crippen LogP contribution in [0.15, 0.2) is 36.5 Å². The van der Waals surface area contributed by atoms with Gasteiger partial charge in [-0.1, -0.05) is 12.1 Å². The minimum absolute atomic E-state index is 0.0715. The highest BCUT2D eigenvalue weighted by Crippen LogP contribution is 2.23. The molecule has 1 atom stereocenters. The molecule has 1 aliphatic rings. The van der Waals surface area contributed by atoms with Gasteiger partial charge in [0.15, 0.2) is 18.2 Å². The molecule has 0 unspecified atom stereocenters. The molecule has 0 radical (unpaired) electrons. The second-order valence-electron chi connectivity index (χ2n) is 4.91. The molecule has 1 N–H and O–H groups in total. The number of hydrogen-bond donors (Lipinski definition) is 1. The van der Waals surface area contributed by atoms with E-state index in [1.807, 2.05) is 0 Å². The number of nitrogens with zero attached hydrogens (tertiary/aromatic N) is 2. The highest BCUT2D eigenvalue weighted by molar-refractivity contribution is 5.78. The Bertz CT molecular complexity index is 633. The van der Waals surface area contributed by atoms with Crippen LogP contribution in [-0.2, 0) is 9.53 Å². The molecular formula is C15H16FN3O3. The molecule has 0 saturated carbocycles. The minimum Gasteiger partial charge on any atom is -0.481 e. The number of H-pyrrole nitrogens is 1. The summed E-state index contributed by atoms with van der Waals surface area (Å²) in [6.45, 7) is 1.11. The first kappa shape index (κ1) is 14.5. The number of amides is 1. The van der Waals surface area contributed by atoms with E-state index in [1.165, 1.54) is 12.1 Å². The zero-order valence-corrected chi connectivity index (χ0v) is 11.9. The number of para-hydroxylation sites is 1. The lowest BCUT2D eigenvalue weighted by atomic mass is 10.1. The number of hydrogen-bond acceptors (Lipinski definition) is 4. The maximum atomic E-state index is 13.5. The fourth-order valence-corrected chi connectivity index (χ4v) is 2.40. The summed E-state index contributed by atoms with van der Waals surface area (Å²) in [5, 5.41) is 6.75. The first-order valence-corrected chi connectivity index (χ1v) is 6.99. The van der Waals surface area contributed by atoms with Crippen molar-refractivity contribution in [2.45, 2.75) is 6.04 Å². The second kappa shape index (κ2) is 6.57. The Morgan fingerprint density at radius 3 is 3.09 bits per heavy atom. The molecule has 1 aliphatic heterocycles. The van der Waals surface area contributed by atoms with Crippen LogP contribution < -0.4 is 4.74 Å². The lowest BCUT2D eigenvalue weighted by molar-refractivity contribution is -0.142. The molecular weight excluding hydrogens is 289 g/mol. The molecule has 1 fully saturated rings. The van der Waals surface area contributed by atoms with Crippen molar-refractivity contribution in [3.8, 4) is 5.75 Å². The summed E-state index contributed by atoms with van der Waals surface area (Å²) in [5.74, 6) is -0.629. The highest BCUT2D eigenvalue weighted by Gasteiger charge is 2.29. The van der Waals surface area contributed by atoms with Crippen molar-refractivity contribution in [3.05, 3.63) is 48.0 Å². The number of benzene rings is 1. The number of rotatable bonds is 4. The summed E-state index contributed by atoms with van der Waals surface area (Å²) in [6.07, 6.45) is 1.63. The van der Waals surface area contributed by atoms with Crippen molar-refractivity contribution >= 4 is 5.91 Å². The summed E-state index contributed by atoms with van der Waals surface area (Å²) in [6, 6.07) is 7.59. The summed E-state index contributed by atoms with van der Waals surface area (Å²) >= 11 is 0. The van der Waals surface area contributed by atoms with E-state index in [1.54, 1.807) is 29.3 Å². The smallest absolute Gasteiger partial charge is 0.261 e. The molecule has 22 heavy (non-hydrogen) atoms. The van der Waals surface area contributed by atoms with E-state index in [4.69, 9.17) is 9.47 Å². The standard InChI is InChI=1S/C15H16FN3O3/c16-11-3-1-2-4-14(11)22-10-15(20)19-7-8-21-9-13(19)12-5-6-17-18-12/h1-6,13H,7-10H2,(H,17,18)/t13-/m0/s1. The average Bonchev–Trinajstić information content (AvgIpc) is 3.08. The number of aromatic amines is 1. The molecule has 1 saturated heterocycles. The van der Waals surface area contributed by atoms with Gasteiger partial charge in [-0.25, -0.2) is 4.39 Å². The van der Waals surface area contributed by atoms with E-state index in [2.05, 4.69) is 10.2 Å². The molecule has 3 rings (SSSR count). The highest BCUT2D eigenvalue weighted by atomic mass is 19.1. The third-order valence-electron chi connectivity index (χ3n) is 3.52. The van der Waals surface area contributed by atoms with Crippen molar-refractivity contribution in [2.75, 3.05) is 26.4 Å². The second-order valence-corrected chi connectivity index (χ2v) is 4.91. The average molecular weight is 305 g/mol. The van der Waals surface area contributed by atoms with E-state index in [0.717, 1.165) is 5.69 Å². The number of halogens is 1. The largest absolute Gasteiger partial charge is 0.481 e. The van der Waals surface area contributed by atoms with E-state index in [0.29, 0.717) is 19.8 Å². The molecule has 1 aromatic carbocycles. The fourth-order valence-electron chi connectivity index (χ4n) is 2.40. The van der Waals surface area contributed by atoms with Crippen molar-refractivity contribution in [1.82, 2.24) is 15.1 Å². The zero-order valence-electron chi connectivity index (χ0n) is 11.9. The summed E-state index contributed by atoms with van der Waals surface area (Å²) in [5.41, 5.74) is 0.805. The van der Waals surface area contributed by atoms with Crippen molar-refractivity contribution in [3.63, 3.8) is 0 Å². The zero-order chi connectivity index (χ0) is 15.4. The van der Waals surface area contributed by atoms with Crippen molar-refractivity contribution in [2.24, 2.45) is 0 Å². The topological polar surface area (TPSA) is 67.4 Å². The molecule has 1 amide bonds. The Morgan fingerprint density at radius 1 is 1.45 bits per heavy atom. The number of aromatic nitrogens is 2. The number of carbonyl (C=O) groups is 1. The summed E-state index contributed by atoms with van der Waals surface area (Å²) < 4.78 is 24.2. The van der Waals surface area contributed by atoms with Gasteiger partial charge in [0, 0.05) is 12.7 Å². The molecule has 0 bridgehead atoms. The van der Waals surface area contributed by atoms with E-state index in [9.17, 15) is 9.18 Å². The molecule has 0 aliphatic carbocycles. The van der Waals surface area contributed by atoms with Crippen LogP contribution in [0.5, 0.6) is 5.75 Å². The Morgan fingerprint density at radius 2 is 2.32 bits per heavy atom. The maximum Gasteiger partial charge on any atom is 0.261 e. The fraction of sp³-hybridized carbons (Fsp3) is 0.333. The molecule has 1 aromatic heterocycles. The molecule has 7 heteroatoms. The molecule has 116 valence electrons. The van der Waals surface area contributed by atoms with Gasteiger partial charge in [-0.3, -0.25) is 9.89 Å². The van der Waals surface area contributed by atoms with Crippen LogP contribution in [0.2, 0.25) is 0 Å². The van der Waals surface area contributed by atoms with E-state index < -0.39 is 5.82 Å². The van der Waals surface area contributed by atoms with Crippen LogP contribution in [0, 0.1) is 5.82 Å². The van der Waals surface area contributed by atoms with Crippen LogP contribution in [-0.4, -0.2) is 47.4 Å². The van der Waals surface area contributed by atoms with Gasteiger partial charge in [-0.15, -0.1) is 0 Å². The monoisotopic (exact) mass is 305 g/mol. The van der Waals surface area contributed by atoms with Crippen LogP contribution >= 0.6 is 0 Å².